The van der Waals surface area contributed by atoms with Gasteiger partial charge in [-0.2, -0.15) is 0 Å². The number of amides is 2. The summed E-state index contributed by atoms with van der Waals surface area (Å²) < 4.78 is 0. The van der Waals surface area contributed by atoms with E-state index in [1.807, 2.05) is 0 Å². The molecule has 0 aromatic carbocycles. The van der Waals surface area contributed by atoms with E-state index < -0.39 is 6.09 Å². The number of nitrogens with one attached hydrogen (secondary N) is 1. The maximum Gasteiger partial charge on any atom is 0.407 e. The Labute approximate surface area is 70.4 Å². The van der Waals surface area contributed by atoms with E-state index in [0.29, 0.717) is 19.5 Å². The van der Waals surface area contributed by atoms with Crippen molar-refractivity contribution in [2.75, 3.05) is 13.1 Å². The lowest BCUT2D eigenvalue weighted by Crippen LogP contribution is -2.60. The topological polar surface area (TPSA) is 69.6 Å². The van der Waals surface area contributed by atoms with Crippen molar-refractivity contribution in [2.45, 2.75) is 19.4 Å². The van der Waals surface area contributed by atoms with Crippen LogP contribution in [0.4, 0.5) is 4.79 Å². The summed E-state index contributed by atoms with van der Waals surface area (Å²) in [6.45, 7) is 2.60. The quantitative estimate of drug-likeness (QED) is 0.609. The van der Waals surface area contributed by atoms with Gasteiger partial charge in [-0.1, -0.05) is 6.92 Å². The van der Waals surface area contributed by atoms with Crippen LogP contribution in [0.3, 0.4) is 0 Å². The van der Waals surface area contributed by atoms with Gasteiger partial charge in [-0.15, -0.1) is 0 Å². The van der Waals surface area contributed by atoms with E-state index in [2.05, 4.69) is 5.32 Å². The third-order valence-corrected chi connectivity index (χ3v) is 1.84. The molecular formula is C7H12N2O3. The third kappa shape index (κ3) is 1.87. The first-order valence-corrected chi connectivity index (χ1v) is 3.90. The Morgan fingerprint density at radius 1 is 1.58 bits per heavy atom. The van der Waals surface area contributed by atoms with Crippen LogP contribution in [-0.2, 0) is 4.79 Å². The van der Waals surface area contributed by atoms with Crippen molar-refractivity contribution in [1.29, 1.82) is 0 Å². The van der Waals surface area contributed by atoms with Crippen molar-refractivity contribution >= 4 is 12.0 Å². The van der Waals surface area contributed by atoms with Gasteiger partial charge in [0, 0.05) is 19.5 Å². The van der Waals surface area contributed by atoms with Crippen LogP contribution in [0, 0.1) is 0 Å². The summed E-state index contributed by atoms with van der Waals surface area (Å²) in [6, 6.07) is 0.0218. The second-order valence-corrected chi connectivity index (χ2v) is 2.81. The Morgan fingerprint density at radius 3 is 2.58 bits per heavy atom. The highest BCUT2D eigenvalue weighted by molar-refractivity contribution is 5.76. The van der Waals surface area contributed by atoms with Crippen molar-refractivity contribution in [1.82, 2.24) is 10.2 Å². The maximum atomic E-state index is 10.8. The number of hydrogen-bond donors (Lipinski definition) is 2. The molecule has 1 saturated heterocycles. The lowest BCUT2D eigenvalue weighted by molar-refractivity contribution is -0.122. The van der Waals surface area contributed by atoms with Crippen LogP contribution >= 0.6 is 0 Å². The van der Waals surface area contributed by atoms with Crippen LogP contribution < -0.4 is 5.32 Å². The van der Waals surface area contributed by atoms with Crippen LogP contribution in [0.2, 0.25) is 0 Å². The molecule has 0 saturated carbocycles. The molecule has 0 bridgehead atoms. The molecule has 0 spiro atoms. The van der Waals surface area contributed by atoms with Gasteiger partial charge in [-0.3, -0.25) is 4.79 Å². The van der Waals surface area contributed by atoms with E-state index in [1.165, 1.54) is 4.90 Å². The SMILES string of the molecule is CCC(=O)NC1CN(C(=O)O)C1. The molecule has 0 unspecified atom stereocenters. The minimum absolute atomic E-state index is 0.0218. The van der Waals surface area contributed by atoms with E-state index in [-0.39, 0.29) is 11.9 Å². The second kappa shape index (κ2) is 3.42. The molecule has 0 aliphatic carbocycles. The lowest BCUT2D eigenvalue weighted by atomic mass is 10.1. The average molecular weight is 172 g/mol. The Hall–Kier alpha value is -1.26. The van der Waals surface area contributed by atoms with Crippen molar-refractivity contribution in [3.05, 3.63) is 0 Å². The number of rotatable bonds is 2. The van der Waals surface area contributed by atoms with Gasteiger partial charge >= 0.3 is 6.09 Å². The lowest BCUT2D eigenvalue weighted by Gasteiger charge is -2.37. The molecule has 1 aliphatic rings. The number of carbonyl (C=O) groups excluding carboxylic acids is 1. The van der Waals surface area contributed by atoms with Crippen molar-refractivity contribution in [3.63, 3.8) is 0 Å². The molecular weight excluding hydrogens is 160 g/mol. The molecule has 5 heteroatoms. The largest absolute Gasteiger partial charge is 0.465 e. The first-order chi connectivity index (χ1) is 5.63. The van der Waals surface area contributed by atoms with E-state index in [1.54, 1.807) is 6.92 Å². The van der Waals surface area contributed by atoms with Crippen LogP contribution in [0.1, 0.15) is 13.3 Å². The zero-order valence-electron chi connectivity index (χ0n) is 6.91. The summed E-state index contributed by atoms with van der Waals surface area (Å²) in [7, 11) is 0. The van der Waals surface area contributed by atoms with Crippen molar-refractivity contribution in [3.8, 4) is 0 Å². The molecule has 1 fully saturated rings. The van der Waals surface area contributed by atoms with Crippen LogP contribution in [-0.4, -0.2) is 41.1 Å². The Bertz CT molecular complexity index is 199. The van der Waals surface area contributed by atoms with Crippen LogP contribution in [0.15, 0.2) is 0 Å². The highest BCUT2D eigenvalue weighted by atomic mass is 16.4. The maximum absolute atomic E-state index is 10.8. The number of nitrogens with zero attached hydrogens (tertiary/aromatic N) is 1. The molecule has 2 N–H and O–H groups in total. The molecule has 0 radical (unpaired) electrons. The number of carboxylic acid groups (broad SMARTS) is 1. The van der Waals surface area contributed by atoms with Crippen LogP contribution in [0.25, 0.3) is 0 Å². The van der Waals surface area contributed by atoms with Gasteiger partial charge in [0.1, 0.15) is 0 Å². The first-order valence-electron chi connectivity index (χ1n) is 3.90. The van der Waals surface area contributed by atoms with E-state index in [4.69, 9.17) is 5.11 Å². The van der Waals surface area contributed by atoms with Crippen LogP contribution in [0.5, 0.6) is 0 Å². The Morgan fingerprint density at radius 2 is 2.17 bits per heavy atom. The monoisotopic (exact) mass is 172 g/mol. The molecule has 0 aromatic heterocycles. The number of hydrogen-bond acceptors (Lipinski definition) is 2. The molecule has 2 amide bonds. The Balaban J connectivity index is 2.17. The summed E-state index contributed by atoms with van der Waals surface area (Å²) in [5, 5.41) is 11.2. The van der Waals surface area contributed by atoms with Gasteiger partial charge in [0.05, 0.1) is 6.04 Å². The van der Waals surface area contributed by atoms with Gasteiger partial charge in [-0.05, 0) is 0 Å². The second-order valence-electron chi connectivity index (χ2n) is 2.81. The molecule has 0 atom stereocenters. The predicted molar refractivity (Wildman–Crippen MR) is 41.8 cm³/mol. The molecule has 1 rings (SSSR count). The van der Waals surface area contributed by atoms with Crippen molar-refractivity contribution < 1.29 is 14.7 Å². The third-order valence-electron chi connectivity index (χ3n) is 1.84. The first kappa shape index (κ1) is 8.83. The minimum Gasteiger partial charge on any atom is -0.465 e. The van der Waals surface area contributed by atoms with Gasteiger partial charge < -0.3 is 15.3 Å². The zero-order valence-corrected chi connectivity index (χ0v) is 6.91. The van der Waals surface area contributed by atoms with Gasteiger partial charge in [-0.25, -0.2) is 4.79 Å². The summed E-state index contributed by atoms with van der Waals surface area (Å²) in [4.78, 5) is 22.4. The fourth-order valence-electron chi connectivity index (χ4n) is 1.06. The molecule has 1 heterocycles. The number of carbonyl (C=O) groups is 2. The van der Waals surface area contributed by atoms with Gasteiger partial charge in [0.15, 0.2) is 0 Å². The Kier molecular flexibility index (Phi) is 2.52. The molecule has 0 aromatic rings. The van der Waals surface area contributed by atoms with E-state index >= 15 is 0 Å². The van der Waals surface area contributed by atoms with Gasteiger partial charge in [0.2, 0.25) is 5.91 Å². The fourth-order valence-corrected chi connectivity index (χ4v) is 1.06. The predicted octanol–water partition coefficient (Wildman–Crippen LogP) is -0.125. The summed E-state index contributed by atoms with van der Waals surface area (Å²) in [5.41, 5.74) is 0. The zero-order chi connectivity index (χ0) is 9.14. The van der Waals surface area contributed by atoms with E-state index in [9.17, 15) is 9.59 Å². The highest BCUT2D eigenvalue weighted by Crippen LogP contribution is 2.07. The summed E-state index contributed by atoms with van der Waals surface area (Å²) >= 11 is 0. The molecule has 12 heavy (non-hydrogen) atoms. The normalized spacial score (nSPS) is 16.9. The standard InChI is InChI=1S/C7H12N2O3/c1-2-6(10)8-5-3-9(4-5)7(11)12/h5H,2-4H2,1H3,(H,8,10)(H,11,12). The summed E-state index contributed by atoms with van der Waals surface area (Å²) in [6.07, 6.45) is -0.471. The summed E-state index contributed by atoms with van der Waals surface area (Å²) in [5.74, 6) is -0.0231. The van der Waals surface area contributed by atoms with Gasteiger partial charge in [0.25, 0.3) is 0 Å². The average Bonchev–Trinajstić information content (AvgIpc) is 1.94. The molecule has 68 valence electrons. The fraction of sp³-hybridized carbons (Fsp3) is 0.714. The smallest absolute Gasteiger partial charge is 0.407 e. The highest BCUT2D eigenvalue weighted by Gasteiger charge is 2.30. The number of likely N-dealkylation sites (tertiary alicyclic amines) is 1. The van der Waals surface area contributed by atoms with Crippen molar-refractivity contribution in [2.24, 2.45) is 0 Å². The minimum atomic E-state index is -0.919. The van der Waals surface area contributed by atoms with E-state index in [0.717, 1.165) is 0 Å². The molecule has 5 nitrogen and oxygen atoms in total. The molecule has 1 aliphatic heterocycles.